The van der Waals surface area contributed by atoms with Crippen LogP contribution in [0.2, 0.25) is 0 Å². The number of amides is 9. The van der Waals surface area contributed by atoms with E-state index in [9.17, 15) is 68.1 Å². The lowest BCUT2D eigenvalue weighted by Crippen LogP contribution is -2.59. The second kappa shape index (κ2) is 32.3. The van der Waals surface area contributed by atoms with Crippen molar-refractivity contribution in [1.29, 1.82) is 0 Å². The Morgan fingerprint density at radius 3 is 1.64 bits per heavy atom. The number of aliphatic carboxylic acids is 2. The molecule has 8 atom stereocenters. The summed E-state index contributed by atoms with van der Waals surface area (Å²) in [5.74, 6) is -11.1. The molecule has 3 aromatic rings. The molecule has 9 amide bonds. The molecule has 27 nitrogen and oxygen atoms in total. The lowest BCUT2D eigenvalue weighted by Gasteiger charge is -2.26. The fourth-order valence-corrected chi connectivity index (χ4v) is 7.34. The van der Waals surface area contributed by atoms with Gasteiger partial charge in [0.2, 0.25) is 53.2 Å². The summed E-state index contributed by atoms with van der Waals surface area (Å²) in [5.41, 5.74) is 18.4. The third-order valence-electron chi connectivity index (χ3n) is 11.4. The van der Waals surface area contributed by atoms with Crippen molar-refractivity contribution in [3.8, 4) is 5.75 Å². The second-order valence-corrected chi connectivity index (χ2v) is 17.9. The number of phenols is 1. The Morgan fingerprint density at radius 2 is 1.12 bits per heavy atom. The van der Waals surface area contributed by atoms with Crippen LogP contribution in [0.4, 0.5) is 0 Å². The average molecular weight is 1080 g/mol. The third-order valence-corrected chi connectivity index (χ3v) is 11.8. The van der Waals surface area contributed by atoms with E-state index in [0.29, 0.717) is 23.2 Å². The summed E-state index contributed by atoms with van der Waals surface area (Å²) in [5, 5.41) is 48.2. The maximum absolute atomic E-state index is 14.1. The minimum absolute atomic E-state index is 0.0154. The molecular formula is C48H67N13O14S. The summed E-state index contributed by atoms with van der Waals surface area (Å²) in [4.78, 5) is 151. The van der Waals surface area contributed by atoms with Gasteiger partial charge in [-0.1, -0.05) is 42.5 Å². The number of H-pyrrole nitrogens is 1. The quantitative estimate of drug-likeness (QED) is 0.0202. The number of thiol groups is 1. The maximum atomic E-state index is 14.1. The fraction of sp³-hybridized carbons (Fsp3) is 0.458. The molecule has 0 saturated heterocycles. The molecule has 0 aliphatic carbocycles. The van der Waals surface area contributed by atoms with Gasteiger partial charge in [-0.2, -0.15) is 12.6 Å². The number of nitrogens with two attached hydrogens (primary N) is 3. The molecule has 0 spiro atoms. The van der Waals surface area contributed by atoms with Crippen LogP contribution in [0.1, 0.15) is 68.7 Å². The molecule has 76 heavy (non-hydrogen) atoms. The number of hydrogen-bond donors (Lipinski definition) is 16. The minimum Gasteiger partial charge on any atom is -0.508 e. The van der Waals surface area contributed by atoms with Gasteiger partial charge in [0.05, 0.1) is 18.9 Å². The van der Waals surface area contributed by atoms with Gasteiger partial charge in [-0.15, -0.1) is 0 Å². The van der Waals surface area contributed by atoms with E-state index in [1.54, 1.807) is 30.3 Å². The summed E-state index contributed by atoms with van der Waals surface area (Å²) >= 11 is 4.06. The van der Waals surface area contributed by atoms with Crippen molar-refractivity contribution >= 4 is 77.7 Å². The molecule has 414 valence electrons. The number of nitrogens with one attached hydrogen (secondary N) is 9. The number of hydrogen-bond acceptors (Lipinski definition) is 16. The first-order valence-electron chi connectivity index (χ1n) is 24.1. The molecule has 0 saturated carbocycles. The zero-order chi connectivity index (χ0) is 56.3. The normalized spacial score (nSPS) is 14.1. The van der Waals surface area contributed by atoms with Gasteiger partial charge >= 0.3 is 11.9 Å². The van der Waals surface area contributed by atoms with E-state index in [2.05, 4.69) is 65.1 Å². The Hall–Kier alpha value is -8.11. The highest BCUT2D eigenvalue weighted by Crippen LogP contribution is 2.13. The van der Waals surface area contributed by atoms with Crippen LogP contribution in [0.25, 0.3) is 0 Å². The second-order valence-electron chi connectivity index (χ2n) is 17.6. The van der Waals surface area contributed by atoms with Crippen LogP contribution in [0.3, 0.4) is 0 Å². The number of carbonyl (C=O) groups is 11. The van der Waals surface area contributed by atoms with Gasteiger partial charge in [-0.25, -0.2) is 4.98 Å². The Kier molecular flexibility index (Phi) is 26.4. The van der Waals surface area contributed by atoms with Gasteiger partial charge in [0.15, 0.2) is 0 Å². The number of phenolic OH excluding ortho intramolecular Hbond substituents is 1. The Labute approximate surface area is 442 Å². The SMILES string of the molecule is C[C@H](NC(=O)[C@H](Cc1ccc(O)cc1)NC(=O)[C@H](CCC(=O)O)NC(=O)[C@H](CCCCN)NC(=O)CNC(=O)[C@H](CCC(N)=O)NC(=O)[C@H](Cc1cnc[nH]1)NC(=O)[C@H](Cc1ccccc1)NC(=O)[C@@H](N)CS)C(=O)O. The number of nitrogens with zero attached hydrogens (tertiary/aromatic N) is 1. The standard InChI is InChI=1S/C48H67N13O14S/c1-26(48(74)75)55-45(71)35(20-28-10-12-30(62)13-11-28)60-44(70)34(15-17-40(65)66)58-43(69)32(9-5-6-18-49)56-39(64)23-53-42(68)33(14-16-38(51)63)57-47(73)37(21-29-22-52-25-54-29)61-46(72)36(59-41(67)31(50)24-76)19-27-7-3-2-4-8-27/h2-4,7-8,10-13,22,25-26,31-37,62,76H,5-6,9,14-21,23-24,49-50H2,1H3,(H2,51,63)(H,52,54)(H,53,68)(H,55,71)(H,56,64)(H,57,73)(H,58,69)(H,59,67)(H,60,70)(H,61,72)(H,65,66)(H,74,75)/t26-,31-,32-,33-,34-,35-,36-,37-/m0/s1. The molecule has 0 aliphatic rings. The number of aromatic hydroxyl groups is 1. The van der Waals surface area contributed by atoms with E-state index in [0.717, 1.165) is 0 Å². The van der Waals surface area contributed by atoms with Crippen LogP contribution in [-0.2, 0) is 72.0 Å². The predicted molar refractivity (Wildman–Crippen MR) is 274 cm³/mol. The largest absolute Gasteiger partial charge is 0.508 e. The van der Waals surface area contributed by atoms with Crippen LogP contribution in [0, 0.1) is 0 Å². The Bertz CT molecular complexity index is 2450. The average Bonchev–Trinajstić information content (AvgIpc) is 3.90. The lowest BCUT2D eigenvalue weighted by atomic mass is 10.0. The summed E-state index contributed by atoms with van der Waals surface area (Å²) in [6.45, 7) is 0.550. The summed E-state index contributed by atoms with van der Waals surface area (Å²) in [6.07, 6.45) is 0.841. The van der Waals surface area contributed by atoms with Gasteiger partial charge in [0.25, 0.3) is 0 Å². The number of imidazole rings is 1. The topological polar surface area (TPSA) is 451 Å². The predicted octanol–water partition coefficient (Wildman–Crippen LogP) is -3.73. The van der Waals surface area contributed by atoms with Crippen LogP contribution >= 0.6 is 12.6 Å². The van der Waals surface area contributed by atoms with Crippen molar-refractivity contribution in [2.45, 2.75) is 119 Å². The van der Waals surface area contributed by atoms with Crippen molar-refractivity contribution in [3.05, 3.63) is 83.9 Å². The van der Waals surface area contributed by atoms with E-state index in [4.69, 9.17) is 17.2 Å². The van der Waals surface area contributed by atoms with Gasteiger partial charge in [-0.3, -0.25) is 52.7 Å². The number of primary amides is 1. The highest BCUT2D eigenvalue weighted by atomic mass is 32.1. The molecule has 1 aromatic heterocycles. The molecule has 0 unspecified atom stereocenters. The Morgan fingerprint density at radius 1 is 0.618 bits per heavy atom. The molecule has 1 heterocycles. The zero-order valence-electron chi connectivity index (χ0n) is 41.6. The summed E-state index contributed by atoms with van der Waals surface area (Å²) in [6, 6.07) is 2.94. The molecule has 3 rings (SSSR count). The number of carboxylic acid groups (broad SMARTS) is 2. The monoisotopic (exact) mass is 1080 g/mol. The first kappa shape index (κ1) is 62.2. The summed E-state index contributed by atoms with van der Waals surface area (Å²) < 4.78 is 0. The molecule has 18 N–H and O–H groups in total. The van der Waals surface area contributed by atoms with Crippen LogP contribution in [0.15, 0.2) is 67.1 Å². The first-order chi connectivity index (χ1) is 36.1. The minimum atomic E-state index is -1.63. The van der Waals surface area contributed by atoms with Crippen molar-refractivity contribution in [2.75, 3.05) is 18.8 Å². The number of aromatic amines is 1. The van der Waals surface area contributed by atoms with E-state index in [-0.39, 0.29) is 56.6 Å². The van der Waals surface area contributed by atoms with Crippen LogP contribution < -0.4 is 59.7 Å². The van der Waals surface area contributed by atoms with Gasteiger partial charge in [-0.05, 0) is 68.8 Å². The fourth-order valence-electron chi connectivity index (χ4n) is 7.18. The zero-order valence-corrected chi connectivity index (χ0v) is 42.5. The van der Waals surface area contributed by atoms with E-state index >= 15 is 0 Å². The Balaban J connectivity index is 1.82. The van der Waals surface area contributed by atoms with E-state index in [1.807, 2.05) is 0 Å². The molecule has 2 aromatic carbocycles. The van der Waals surface area contributed by atoms with Crippen molar-refractivity contribution < 1.29 is 68.1 Å². The molecule has 28 heteroatoms. The first-order valence-corrected chi connectivity index (χ1v) is 24.7. The van der Waals surface area contributed by atoms with Crippen molar-refractivity contribution in [3.63, 3.8) is 0 Å². The smallest absolute Gasteiger partial charge is 0.325 e. The van der Waals surface area contributed by atoms with Crippen molar-refractivity contribution in [1.82, 2.24) is 52.5 Å². The highest BCUT2D eigenvalue weighted by Gasteiger charge is 2.34. The molecule has 0 bridgehead atoms. The number of rotatable bonds is 34. The van der Waals surface area contributed by atoms with E-state index < -0.39 is 139 Å². The highest BCUT2D eigenvalue weighted by molar-refractivity contribution is 7.80. The number of carbonyl (C=O) groups excluding carboxylic acids is 9. The molecular weight excluding hydrogens is 1010 g/mol. The van der Waals surface area contributed by atoms with Crippen LogP contribution in [-0.4, -0.2) is 158 Å². The van der Waals surface area contributed by atoms with Gasteiger partial charge in [0, 0.05) is 49.7 Å². The number of unbranched alkanes of at least 4 members (excludes halogenated alkanes) is 1. The number of carboxylic acids is 2. The number of benzene rings is 2. The van der Waals surface area contributed by atoms with Crippen molar-refractivity contribution in [2.24, 2.45) is 17.2 Å². The maximum Gasteiger partial charge on any atom is 0.325 e. The lowest BCUT2D eigenvalue weighted by molar-refractivity contribution is -0.141. The number of aromatic nitrogens is 2. The van der Waals surface area contributed by atoms with Gasteiger partial charge in [0.1, 0.15) is 48.0 Å². The third kappa shape index (κ3) is 22.6. The van der Waals surface area contributed by atoms with Gasteiger partial charge < -0.3 is 80.0 Å². The molecule has 0 aliphatic heterocycles. The molecule has 0 radical (unpaired) electrons. The van der Waals surface area contributed by atoms with Crippen LogP contribution in [0.5, 0.6) is 5.75 Å². The summed E-state index contributed by atoms with van der Waals surface area (Å²) in [7, 11) is 0. The van der Waals surface area contributed by atoms with E-state index in [1.165, 1.54) is 43.7 Å². The molecule has 0 fully saturated rings.